The second-order valence-electron chi connectivity index (χ2n) is 8.31. The van der Waals surface area contributed by atoms with Gasteiger partial charge < -0.3 is 14.8 Å². The average molecular weight is 440 g/mol. The minimum Gasteiger partial charge on any atom is -0.352 e. The number of hydrogen-bond acceptors (Lipinski definition) is 4. The zero-order chi connectivity index (χ0) is 22.9. The SMILES string of the molecule is CCn1cnnc1CCNC(=O)c1ccc2c(-c3ccc4c(c3)CN(C)C4=O)cccc2c1. The summed E-state index contributed by atoms with van der Waals surface area (Å²) in [6.07, 6.45) is 2.34. The van der Waals surface area contributed by atoms with Gasteiger partial charge in [-0.3, -0.25) is 9.59 Å². The van der Waals surface area contributed by atoms with Crippen molar-refractivity contribution in [1.29, 1.82) is 0 Å². The van der Waals surface area contributed by atoms with Crippen LogP contribution < -0.4 is 5.32 Å². The van der Waals surface area contributed by atoms with Crippen molar-refractivity contribution in [3.8, 4) is 11.1 Å². The Balaban J connectivity index is 1.36. The van der Waals surface area contributed by atoms with E-state index >= 15 is 0 Å². The Kier molecular flexibility index (Phi) is 5.38. The molecule has 2 heterocycles. The summed E-state index contributed by atoms with van der Waals surface area (Å²) >= 11 is 0. The Morgan fingerprint density at radius 2 is 1.97 bits per heavy atom. The van der Waals surface area contributed by atoms with E-state index in [0.29, 0.717) is 25.1 Å². The van der Waals surface area contributed by atoms with Crippen molar-refractivity contribution in [3.05, 3.63) is 83.4 Å². The van der Waals surface area contributed by atoms with E-state index in [1.807, 2.05) is 61.0 Å². The van der Waals surface area contributed by atoms with Crippen LogP contribution in [-0.4, -0.2) is 45.1 Å². The van der Waals surface area contributed by atoms with Crippen molar-refractivity contribution < 1.29 is 9.59 Å². The summed E-state index contributed by atoms with van der Waals surface area (Å²) in [4.78, 5) is 26.7. The highest BCUT2D eigenvalue weighted by molar-refractivity contribution is 6.03. The van der Waals surface area contributed by atoms with Crippen LogP contribution in [0.5, 0.6) is 0 Å². The molecule has 1 aliphatic rings. The summed E-state index contributed by atoms with van der Waals surface area (Å²) in [5.74, 6) is 0.826. The van der Waals surface area contributed by atoms with E-state index in [4.69, 9.17) is 0 Å². The van der Waals surface area contributed by atoms with Crippen LogP contribution in [0, 0.1) is 0 Å². The van der Waals surface area contributed by atoms with Crippen molar-refractivity contribution in [3.63, 3.8) is 0 Å². The van der Waals surface area contributed by atoms with Crippen LogP contribution in [0.25, 0.3) is 21.9 Å². The number of aromatic nitrogens is 3. The quantitative estimate of drug-likeness (QED) is 0.497. The van der Waals surface area contributed by atoms with Crippen molar-refractivity contribution in [1.82, 2.24) is 25.0 Å². The predicted molar refractivity (Wildman–Crippen MR) is 127 cm³/mol. The Hall–Kier alpha value is -4.00. The van der Waals surface area contributed by atoms with E-state index in [1.54, 1.807) is 11.2 Å². The molecular weight excluding hydrogens is 414 g/mol. The molecule has 0 saturated heterocycles. The van der Waals surface area contributed by atoms with E-state index in [1.165, 1.54) is 0 Å². The van der Waals surface area contributed by atoms with Crippen molar-refractivity contribution in [2.45, 2.75) is 26.4 Å². The topological polar surface area (TPSA) is 80.1 Å². The fourth-order valence-electron chi connectivity index (χ4n) is 4.44. The van der Waals surface area contributed by atoms with Crippen LogP contribution in [0.1, 0.15) is 39.0 Å². The molecule has 0 radical (unpaired) electrons. The van der Waals surface area contributed by atoms with Gasteiger partial charge in [-0.05, 0) is 58.7 Å². The van der Waals surface area contributed by atoms with Crippen molar-refractivity contribution in [2.75, 3.05) is 13.6 Å². The Labute approximate surface area is 192 Å². The molecular formula is C26H25N5O2. The Bertz CT molecular complexity index is 1370. The van der Waals surface area contributed by atoms with Crippen LogP contribution in [0.4, 0.5) is 0 Å². The first kappa shape index (κ1) is 20.9. The number of nitrogens with one attached hydrogen (secondary N) is 1. The van der Waals surface area contributed by atoms with E-state index in [0.717, 1.165) is 45.4 Å². The zero-order valence-corrected chi connectivity index (χ0v) is 18.7. The van der Waals surface area contributed by atoms with Gasteiger partial charge in [0.05, 0.1) is 0 Å². The maximum atomic E-state index is 12.7. The van der Waals surface area contributed by atoms with Gasteiger partial charge in [0.25, 0.3) is 11.8 Å². The number of carbonyl (C=O) groups excluding carboxylic acids is 2. The lowest BCUT2D eigenvalue weighted by Crippen LogP contribution is -2.26. The summed E-state index contributed by atoms with van der Waals surface area (Å²) < 4.78 is 1.97. The molecule has 7 nitrogen and oxygen atoms in total. The monoisotopic (exact) mass is 439 g/mol. The van der Waals surface area contributed by atoms with Gasteiger partial charge in [-0.25, -0.2) is 0 Å². The summed E-state index contributed by atoms with van der Waals surface area (Å²) in [5.41, 5.74) is 4.60. The van der Waals surface area contributed by atoms with E-state index in [-0.39, 0.29) is 11.8 Å². The van der Waals surface area contributed by atoms with Crippen molar-refractivity contribution >= 4 is 22.6 Å². The molecule has 5 rings (SSSR count). The first-order valence-corrected chi connectivity index (χ1v) is 11.1. The van der Waals surface area contributed by atoms with Crippen LogP contribution in [0.3, 0.4) is 0 Å². The van der Waals surface area contributed by atoms with E-state index in [2.05, 4.69) is 27.6 Å². The third-order valence-corrected chi connectivity index (χ3v) is 6.21. The molecule has 0 bridgehead atoms. The minimum atomic E-state index is -0.107. The van der Waals surface area contributed by atoms with Gasteiger partial charge in [0.2, 0.25) is 0 Å². The van der Waals surface area contributed by atoms with Gasteiger partial charge in [-0.1, -0.05) is 30.3 Å². The molecule has 0 unspecified atom stereocenters. The van der Waals surface area contributed by atoms with Crippen LogP contribution in [-0.2, 0) is 19.5 Å². The minimum absolute atomic E-state index is 0.0695. The summed E-state index contributed by atoms with van der Waals surface area (Å²) in [7, 11) is 1.82. The lowest BCUT2D eigenvalue weighted by molar-refractivity contribution is 0.0816. The molecule has 2 amide bonds. The van der Waals surface area contributed by atoms with Crippen LogP contribution in [0.2, 0.25) is 0 Å². The van der Waals surface area contributed by atoms with Gasteiger partial charge >= 0.3 is 0 Å². The zero-order valence-electron chi connectivity index (χ0n) is 18.7. The number of hydrogen-bond donors (Lipinski definition) is 1. The average Bonchev–Trinajstić information content (AvgIpc) is 3.41. The standard InChI is InChI=1S/C26H25N5O2/c1-3-31-16-28-29-24(31)11-12-27-25(32)19-8-9-22-17(13-19)5-4-6-21(22)18-7-10-23-20(14-18)15-30(2)26(23)33/h4-10,13-14,16H,3,11-12,15H2,1-2H3,(H,27,32). The number of fused-ring (bicyclic) bond motifs is 2. The van der Waals surface area contributed by atoms with Gasteiger partial charge in [0.1, 0.15) is 12.2 Å². The second-order valence-corrected chi connectivity index (χ2v) is 8.31. The number of benzene rings is 3. The molecule has 0 saturated carbocycles. The maximum Gasteiger partial charge on any atom is 0.254 e. The fourth-order valence-corrected chi connectivity index (χ4v) is 4.44. The number of amides is 2. The molecule has 0 spiro atoms. The highest BCUT2D eigenvalue weighted by Gasteiger charge is 2.24. The van der Waals surface area contributed by atoms with Crippen LogP contribution in [0.15, 0.2) is 60.9 Å². The van der Waals surface area contributed by atoms with Gasteiger partial charge in [0, 0.05) is 44.2 Å². The summed E-state index contributed by atoms with van der Waals surface area (Å²) in [6, 6.07) is 17.9. The molecule has 0 fully saturated rings. The molecule has 33 heavy (non-hydrogen) atoms. The third kappa shape index (κ3) is 3.86. The number of carbonyl (C=O) groups is 2. The summed E-state index contributed by atoms with van der Waals surface area (Å²) in [6.45, 7) is 3.97. The summed E-state index contributed by atoms with van der Waals surface area (Å²) in [5, 5.41) is 13.1. The molecule has 1 aliphatic heterocycles. The molecule has 4 aromatic rings. The third-order valence-electron chi connectivity index (χ3n) is 6.21. The van der Waals surface area contributed by atoms with E-state index in [9.17, 15) is 9.59 Å². The first-order chi connectivity index (χ1) is 16.0. The Morgan fingerprint density at radius 3 is 2.82 bits per heavy atom. The van der Waals surface area contributed by atoms with E-state index < -0.39 is 0 Å². The van der Waals surface area contributed by atoms with Gasteiger partial charge in [-0.2, -0.15) is 0 Å². The molecule has 1 aromatic heterocycles. The Morgan fingerprint density at radius 1 is 1.09 bits per heavy atom. The van der Waals surface area contributed by atoms with Gasteiger partial charge in [0.15, 0.2) is 0 Å². The maximum absolute atomic E-state index is 12.7. The predicted octanol–water partition coefficient (Wildman–Crippen LogP) is 3.68. The second kappa shape index (κ2) is 8.50. The molecule has 0 aliphatic carbocycles. The number of nitrogens with zero attached hydrogens (tertiary/aromatic N) is 4. The molecule has 3 aromatic carbocycles. The fraction of sp³-hybridized carbons (Fsp3) is 0.231. The van der Waals surface area contributed by atoms with Gasteiger partial charge in [-0.15, -0.1) is 10.2 Å². The van der Waals surface area contributed by atoms with Crippen LogP contribution >= 0.6 is 0 Å². The van der Waals surface area contributed by atoms with Crippen molar-refractivity contribution in [2.24, 2.45) is 0 Å². The highest BCUT2D eigenvalue weighted by atomic mass is 16.2. The number of aryl methyl sites for hydroxylation is 1. The number of rotatable bonds is 6. The smallest absolute Gasteiger partial charge is 0.254 e. The first-order valence-electron chi connectivity index (χ1n) is 11.1. The molecule has 7 heteroatoms. The lowest BCUT2D eigenvalue weighted by atomic mass is 9.95. The lowest BCUT2D eigenvalue weighted by Gasteiger charge is -2.10. The normalized spacial score (nSPS) is 12.9. The molecule has 0 atom stereocenters. The molecule has 1 N–H and O–H groups in total. The largest absolute Gasteiger partial charge is 0.352 e. The highest BCUT2D eigenvalue weighted by Crippen LogP contribution is 2.32. The molecule has 166 valence electrons.